The fraction of sp³-hybridized carbons (Fsp3) is 0.102. The Bertz CT molecular complexity index is 4050. The number of aliphatic hydroxyl groups is 1. The highest BCUT2D eigenvalue weighted by atomic mass is 16.5. The highest BCUT2D eigenvalue weighted by Gasteiger charge is 2.40. The zero-order valence-electron chi connectivity index (χ0n) is 35.3. The molecule has 2 aliphatic rings. The van der Waals surface area contributed by atoms with E-state index in [0.29, 0.717) is 0 Å². The number of benzene rings is 2. The summed E-state index contributed by atoms with van der Waals surface area (Å²) in [5, 5.41) is 18.7. The molecule has 10 nitrogen and oxygen atoms in total. The number of hydrogen-bond donors (Lipinski definition) is 2. The van der Waals surface area contributed by atoms with Gasteiger partial charge in [0.05, 0.1) is 18.4 Å². The molecule has 0 fully saturated rings. The first-order valence-corrected chi connectivity index (χ1v) is 19.3. The Morgan fingerprint density at radius 3 is 1.12 bits per heavy atom. The molecule has 2 aromatic rings. The van der Waals surface area contributed by atoms with Gasteiger partial charge in [-0.1, -0.05) is 17.9 Å². The number of carboxylic acids is 1. The first-order valence-electron chi connectivity index (χ1n) is 19.3. The van der Waals surface area contributed by atoms with E-state index >= 15 is 0 Å². The van der Waals surface area contributed by atoms with Gasteiger partial charge in [-0.25, -0.2) is 9.59 Å². The first kappa shape index (κ1) is 50.0. The number of carbonyl (C=O) groups excluding carboxylic acids is 6. The molecule has 0 saturated heterocycles. The Balaban J connectivity index is 1.41. The second-order valence-corrected chi connectivity index (χ2v) is 12.6. The minimum Gasteiger partial charge on any atom is -0.477 e. The van der Waals surface area contributed by atoms with Crippen LogP contribution >= 0.6 is 0 Å². The molecule has 316 valence electrons. The van der Waals surface area contributed by atoms with Gasteiger partial charge in [0.1, 0.15) is 0 Å². The van der Waals surface area contributed by atoms with Crippen LogP contribution in [0.5, 0.6) is 0 Å². The van der Waals surface area contributed by atoms with E-state index in [1.54, 1.807) is 0 Å². The van der Waals surface area contributed by atoms with Crippen molar-refractivity contribution in [1.29, 1.82) is 0 Å². The van der Waals surface area contributed by atoms with Crippen molar-refractivity contribution in [3.63, 3.8) is 0 Å². The van der Waals surface area contributed by atoms with Gasteiger partial charge < -0.3 is 14.9 Å². The maximum Gasteiger partial charge on any atom is 0.354 e. The summed E-state index contributed by atoms with van der Waals surface area (Å²) in [6.07, 6.45) is -0.332. The van der Waals surface area contributed by atoms with Crippen molar-refractivity contribution in [1.82, 2.24) is 0 Å². The SMILES string of the molecule is C=C=C=C=C=C=C=C=C=C=C=C=C=C=C=C=C=C=C=C=C=C=C=C=C=C=C=C=C=C=C=C=C=C(C(=O)O)C(=O)OCCC1C(=O)c2ccc(C(=O)c3ccc4c(c3)C(=O)C(CCO)C4=O)cc2C1=O. The number of ether oxygens (including phenoxy) is 1. The molecule has 0 aromatic heterocycles. The van der Waals surface area contributed by atoms with Crippen LogP contribution in [0, 0.1) is 11.8 Å². The molecule has 2 aromatic carbocycles. The van der Waals surface area contributed by atoms with Crippen molar-refractivity contribution in [3.05, 3.63) is 265 Å². The zero-order chi connectivity index (χ0) is 49.6. The second-order valence-electron chi connectivity index (χ2n) is 12.6. The van der Waals surface area contributed by atoms with Crippen molar-refractivity contribution >= 4 is 40.9 Å². The standard InChI is InChI=1S/C59H20O10/c1-2-3-4-5-6-7-8-9-10-11-12-13-14-15-16-17-18-19-20-21-22-23-24-25-26-27-28-29-30-31-32-33-50(58(66)67)59(68)69-41-39-49-55(63)47-37-35-45(43-52(47)57(49)65)53(61)44-34-36-46-51(42-44)56(64)48(38-40-60)54(46)62/h34-37,42-43,48-49,60H,1,38-41H2,(H,66,67). The smallest absolute Gasteiger partial charge is 0.354 e. The van der Waals surface area contributed by atoms with Crippen LogP contribution in [0.4, 0.5) is 0 Å². The predicted molar refractivity (Wildman–Crippen MR) is 237 cm³/mol. The quantitative estimate of drug-likeness (QED) is 0.0680. The molecule has 0 radical (unpaired) electrons. The third-order valence-electron chi connectivity index (χ3n) is 8.46. The molecule has 0 heterocycles. The maximum atomic E-state index is 13.4. The third kappa shape index (κ3) is 15.3. The summed E-state index contributed by atoms with van der Waals surface area (Å²) in [5.41, 5.74) is 76.6. The summed E-state index contributed by atoms with van der Waals surface area (Å²) in [6.45, 7) is 2.43. The average molecular weight is 889 g/mol. The van der Waals surface area contributed by atoms with E-state index in [0.717, 1.165) is 0 Å². The number of carbonyl (C=O) groups is 7. The number of fused-ring (bicyclic) bond motifs is 2. The molecule has 10 heteroatoms. The number of Topliss-reactive ketones (excluding diaryl/α,β-unsaturated/α-hetero) is 4. The molecule has 4 rings (SSSR count). The number of aliphatic hydroxyl groups excluding tert-OH is 1. The monoisotopic (exact) mass is 888 g/mol. The van der Waals surface area contributed by atoms with E-state index in [2.05, 4.69) is 190 Å². The van der Waals surface area contributed by atoms with Crippen LogP contribution in [0.1, 0.15) is 70.2 Å². The van der Waals surface area contributed by atoms with Crippen LogP contribution in [0.2, 0.25) is 0 Å². The van der Waals surface area contributed by atoms with Crippen LogP contribution in [0.3, 0.4) is 0 Å². The topological polar surface area (TPSA) is 169 Å². The molecule has 69 heavy (non-hydrogen) atoms. The Morgan fingerprint density at radius 2 is 0.783 bits per heavy atom. The van der Waals surface area contributed by atoms with Gasteiger partial charge in [0, 0.05) is 120 Å². The van der Waals surface area contributed by atoms with Gasteiger partial charge in [-0.2, -0.15) is 0 Å². The molecule has 0 aliphatic heterocycles. The maximum absolute atomic E-state index is 13.4. The summed E-state index contributed by atoms with van der Waals surface area (Å²) < 4.78 is 5.00. The lowest BCUT2D eigenvalue weighted by atomic mass is 9.96. The Morgan fingerprint density at radius 1 is 0.464 bits per heavy atom. The van der Waals surface area contributed by atoms with E-state index in [4.69, 9.17) is 4.74 Å². The van der Waals surface area contributed by atoms with Crippen LogP contribution in [-0.2, 0) is 14.3 Å². The largest absolute Gasteiger partial charge is 0.477 e. The fourth-order valence-corrected chi connectivity index (χ4v) is 5.56. The normalized spacial score (nSPS) is 11.5. The first-order chi connectivity index (χ1) is 33.6. The van der Waals surface area contributed by atoms with Crippen LogP contribution in [0.25, 0.3) is 0 Å². The molecule has 2 N–H and O–H groups in total. The predicted octanol–water partition coefficient (Wildman–Crippen LogP) is 6.83. The molecule has 2 atom stereocenters. The Kier molecular flexibility index (Phi) is 19.9. The molecule has 2 aliphatic carbocycles. The molecular weight excluding hydrogens is 869 g/mol. The number of ketones is 5. The lowest BCUT2D eigenvalue weighted by molar-refractivity contribution is -0.144. The number of hydrogen-bond acceptors (Lipinski definition) is 9. The lowest BCUT2D eigenvalue weighted by Gasteiger charge is -2.07. The van der Waals surface area contributed by atoms with Crippen LogP contribution in [0.15, 0.2) is 232 Å². The fourth-order valence-electron chi connectivity index (χ4n) is 5.56. The van der Waals surface area contributed by atoms with E-state index in [-0.39, 0.29) is 52.8 Å². The van der Waals surface area contributed by atoms with Crippen LogP contribution in [-0.4, -0.2) is 64.3 Å². The van der Waals surface area contributed by atoms with Gasteiger partial charge in [0.2, 0.25) is 0 Å². The van der Waals surface area contributed by atoms with Crippen molar-refractivity contribution in [2.45, 2.75) is 12.8 Å². The Hall–Kier alpha value is -11.6. The number of rotatable bonds is 9. The van der Waals surface area contributed by atoms with Crippen molar-refractivity contribution in [2.24, 2.45) is 11.8 Å². The molecule has 2 unspecified atom stereocenters. The van der Waals surface area contributed by atoms with Crippen molar-refractivity contribution in [2.75, 3.05) is 13.2 Å². The highest BCUT2D eigenvalue weighted by molar-refractivity contribution is 6.28. The van der Waals surface area contributed by atoms with E-state index < -0.39 is 64.9 Å². The van der Waals surface area contributed by atoms with Crippen LogP contribution < -0.4 is 0 Å². The number of aliphatic carboxylic acids is 1. The van der Waals surface area contributed by atoms with Gasteiger partial charge in [-0.3, -0.25) is 24.0 Å². The number of esters is 1. The summed E-state index contributed by atoms with van der Waals surface area (Å²) in [6, 6.07) is 7.96. The van der Waals surface area contributed by atoms with Gasteiger partial charge in [0.15, 0.2) is 34.5 Å². The summed E-state index contributed by atoms with van der Waals surface area (Å²) in [4.78, 5) is 89.2. The number of carboxylic acid groups (broad SMARTS) is 1. The molecule has 0 spiro atoms. The van der Waals surface area contributed by atoms with E-state index in [1.165, 1.54) is 36.4 Å². The lowest BCUT2D eigenvalue weighted by Crippen LogP contribution is -2.20. The third-order valence-corrected chi connectivity index (χ3v) is 8.46. The minimum absolute atomic E-state index is 0.0362. The van der Waals surface area contributed by atoms with Crippen molar-refractivity contribution < 1.29 is 48.5 Å². The van der Waals surface area contributed by atoms with Gasteiger partial charge in [0.25, 0.3) is 0 Å². The Labute approximate surface area is 391 Å². The summed E-state index contributed by atoms with van der Waals surface area (Å²) in [7, 11) is 0. The van der Waals surface area contributed by atoms with E-state index in [1.807, 2.05) is 0 Å². The van der Waals surface area contributed by atoms with Crippen molar-refractivity contribution in [3.8, 4) is 0 Å². The molecule has 0 saturated carbocycles. The minimum atomic E-state index is -1.71. The molecule has 0 amide bonds. The summed E-state index contributed by atoms with van der Waals surface area (Å²) >= 11 is 0. The van der Waals surface area contributed by atoms with Gasteiger partial charge in [-0.15, -0.1) is 0 Å². The molecule has 0 bridgehead atoms. The average Bonchev–Trinajstić information content (AvgIpc) is 3.73. The van der Waals surface area contributed by atoms with Gasteiger partial charge >= 0.3 is 11.9 Å². The second kappa shape index (κ2) is 27.4. The molecular formula is C59H20O10. The van der Waals surface area contributed by atoms with E-state index in [9.17, 15) is 43.8 Å². The summed E-state index contributed by atoms with van der Waals surface area (Å²) in [5.74, 6) is -8.04. The van der Waals surface area contributed by atoms with Gasteiger partial charge in [-0.05, 0) is 141 Å². The highest BCUT2D eigenvalue weighted by Crippen LogP contribution is 2.32. The zero-order valence-corrected chi connectivity index (χ0v) is 35.3.